The number of benzene rings is 2. The van der Waals surface area contributed by atoms with Gasteiger partial charge in [-0.15, -0.1) is 0 Å². The van der Waals surface area contributed by atoms with Crippen molar-refractivity contribution in [2.24, 2.45) is 5.92 Å². The largest absolute Gasteiger partial charge is 0.326 e. The van der Waals surface area contributed by atoms with Crippen molar-refractivity contribution < 1.29 is 9.59 Å². The Balaban J connectivity index is 1.36. The molecule has 4 rings (SSSR count). The highest BCUT2D eigenvalue weighted by atomic mass is 32.2. The molecule has 1 fully saturated rings. The Morgan fingerprint density at radius 2 is 1.81 bits per heavy atom. The molecule has 3 aromatic rings. The van der Waals surface area contributed by atoms with Gasteiger partial charge in [-0.3, -0.25) is 14.4 Å². The van der Waals surface area contributed by atoms with Crippen molar-refractivity contribution in [2.75, 3.05) is 11.1 Å². The van der Waals surface area contributed by atoms with E-state index in [-0.39, 0.29) is 28.9 Å². The molecule has 0 spiro atoms. The lowest BCUT2D eigenvalue weighted by Gasteiger charge is -2.08. The maximum Gasteiger partial charge on any atom is 0.255 e. The van der Waals surface area contributed by atoms with Gasteiger partial charge in [0.2, 0.25) is 5.91 Å². The van der Waals surface area contributed by atoms with Gasteiger partial charge in [0.1, 0.15) is 0 Å². The molecule has 1 heterocycles. The van der Waals surface area contributed by atoms with Gasteiger partial charge in [0.15, 0.2) is 10.9 Å². The molecule has 7 heteroatoms. The molecule has 0 unspecified atom stereocenters. The Hall–Kier alpha value is -3.19. The van der Waals surface area contributed by atoms with E-state index >= 15 is 0 Å². The average molecular weight is 434 g/mol. The van der Waals surface area contributed by atoms with Gasteiger partial charge >= 0.3 is 0 Å². The quantitative estimate of drug-likeness (QED) is 0.318. The number of aromatic amines is 1. The molecule has 0 radical (unpaired) electrons. The van der Waals surface area contributed by atoms with E-state index in [1.54, 1.807) is 24.3 Å². The number of nitrogens with zero attached hydrogens (tertiary/aromatic N) is 1. The predicted octanol–water partition coefficient (Wildman–Crippen LogP) is 3.99. The van der Waals surface area contributed by atoms with E-state index in [1.165, 1.54) is 11.8 Å². The van der Waals surface area contributed by atoms with E-state index in [9.17, 15) is 14.4 Å². The van der Waals surface area contributed by atoms with Crippen LogP contribution in [0.1, 0.15) is 40.0 Å². The van der Waals surface area contributed by atoms with Gasteiger partial charge in [-0.2, -0.15) is 0 Å². The molecular weight excluding hydrogens is 410 g/mol. The third kappa shape index (κ3) is 5.49. The molecule has 2 aromatic carbocycles. The third-order valence-corrected chi connectivity index (χ3v) is 6.06. The van der Waals surface area contributed by atoms with Crippen LogP contribution in [-0.4, -0.2) is 27.4 Å². The standard InChI is InChI=1S/C24H23N3O3S/c1-15-20(13-16-5-3-2-4-6-16)23(30)27-24(25-15)31-14-21(28)17-9-11-19(12-10-17)26-22(29)18-7-8-18/h2-6,9-12,18H,7-8,13-14H2,1H3,(H,26,29)(H,25,27,30). The van der Waals surface area contributed by atoms with Crippen LogP contribution in [-0.2, 0) is 11.2 Å². The number of nitrogens with one attached hydrogen (secondary N) is 2. The summed E-state index contributed by atoms with van der Waals surface area (Å²) in [5.41, 5.74) is 3.41. The van der Waals surface area contributed by atoms with Crippen LogP contribution in [0.2, 0.25) is 0 Å². The van der Waals surface area contributed by atoms with Gasteiger partial charge in [0, 0.05) is 34.8 Å². The van der Waals surface area contributed by atoms with E-state index in [1.807, 2.05) is 37.3 Å². The van der Waals surface area contributed by atoms with Crippen LogP contribution in [0.25, 0.3) is 0 Å². The summed E-state index contributed by atoms with van der Waals surface area (Å²) >= 11 is 1.21. The fraction of sp³-hybridized carbons (Fsp3) is 0.250. The number of hydrogen-bond donors (Lipinski definition) is 2. The predicted molar refractivity (Wildman–Crippen MR) is 122 cm³/mol. The highest BCUT2D eigenvalue weighted by molar-refractivity contribution is 7.99. The van der Waals surface area contributed by atoms with Crippen LogP contribution in [0.5, 0.6) is 0 Å². The molecule has 2 N–H and O–H groups in total. The van der Waals surface area contributed by atoms with Crippen molar-refractivity contribution in [3.8, 4) is 0 Å². The summed E-state index contributed by atoms with van der Waals surface area (Å²) in [7, 11) is 0. The fourth-order valence-electron chi connectivity index (χ4n) is 3.21. The number of aromatic nitrogens is 2. The number of rotatable bonds is 8. The van der Waals surface area contributed by atoms with E-state index < -0.39 is 0 Å². The van der Waals surface area contributed by atoms with Gasteiger partial charge in [-0.05, 0) is 49.6 Å². The van der Waals surface area contributed by atoms with Crippen LogP contribution in [0, 0.1) is 12.8 Å². The van der Waals surface area contributed by atoms with Crippen molar-refractivity contribution in [1.82, 2.24) is 9.97 Å². The van der Waals surface area contributed by atoms with Gasteiger partial charge in [-0.1, -0.05) is 42.1 Å². The number of ketones is 1. The molecule has 1 aromatic heterocycles. The highest BCUT2D eigenvalue weighted by Crippen LogP contribution is 2.30. The number of anilines is 1. The Kier molecular flexibility index (Phi) is 6.32. The number of H-pyrrole nitrogens is 1. The second kappa shape index (κ2) is 9.31. The average Bonchev–Trinajstić information content (AvgIpc) is 3.61. The molecule has 1 amide bonds. The second-order valence-corrected chi connectivity index (χ2v) is 8.61. The number of amides is 1. The third-order valence-electron chi connectivity index (χ3n) is 5.19. The van der Waals surface area contributed by atoms with Crippen molar-refractivity contribution in [3.05, 3.63) is 87.3 Å². The van der Waals surface area contributed by atoms with Gasteiger partial charge < -0.3 is 10.3 Å². The van der Waals surface area contributed by atoms with Crippen molar-refractivity contribution in [2.45, 2.75) is 31.3 Å². The summed E-state index contributed by atoms with van der Waals surface area (Å²) < 4.78 is 0. The number of carbonyl (C=O) groups is 2. The van der Waals surface area contributed by atoms with E-state index in [4.69, 9.17) is 0 Å². The van der Waals surface area contributed by atoms with Crippen LogP contribution in [0.4, 0.5) is 5.69 Å². The Bertz CT molecular complexity index is 1150. The Labute approximate surface area is 184 Å². The monoisotopic (exact) mass is 433 g/mol. The molecule has 31 heavy (non-hydrogen) atoms. The maximum atomic E-state index is 12.5. The van der Waals surface area contributed by atoms with Crippen LogP contribution in [0.15, 0.2) is 64.5 Å². The molecule has 0 aliphatic heterocycles. The van der Waals surface area contributed by atoms with Crippen molar-refractivity contribution in [3.63, 3.8) is 0 Å². The zero-order chi connectivity index (χ0) is 21.8. The molecule has 6 nitrogen and oxygen atoms in total. The van der Waals surface area contributed by atoms with Crippen LogP contribution < -0.4 is 10.9 Å². The maximum absolute atomic E-state index is 12.5. The lowest BCUT2D eigenvalue weighted by molar-refractivity contribution is -0.117. The summed E-state index contributed by atoms with van der Waals surface area (Å²) in [5, 5.41) is 3.29. The van der Waals surface area contributed by atoms with Crippen LogP contribution in [0.3, 0.4) is 0 Å². The van der Waals surface area contributed by atoms with Gasteiger partial charge in [0.05, 0.1) is 5.75 Å². The second-order valence-electron chi connectivity index (χ2n) is 7.65. The Morgan fingerprint density at radius 1 is 1.10 bits per heavy atom. The normalized spacial score (nSPS) is 13.1. The number of hydrogen-bond acceptors (Lipinski definition) is 5. The van der Waals surface area contributed by atoms with E-state index in [0.29, 0.717) is 34.1 Å². The molecule has 0 bridgehead atoms. The first-order valence-electron chi connectivity index (χ1n) is 10.2. The fourth-order valence-corrected chi connectivity index (χ4v) is 4.01. The number of carbonyl (C=O) groups excluding carboxylic acids is 2. The molecule has 1 aliphatic rings. The van der Waals surface area contributed by atoms with Gasteiger partial charge in [-0.25, -0.2) is 4.98 Å². The zero-order valence-corrected chi connectivity index (χ0v) is 18.0. The minimum Gasteiger partial charge on any atom is -0.326 e. The molecule has 0 atom stereocenters. The van der Waals surface area contributed by atoms with Crippen molar-refractivity contribution in [1.29, 1.82) is 0 Å². The smallest absolute Gasteiger partial charge is 0.255 e. The summed E-state index contributed by atoms with van der Waals surface area (Å²) in [4.78, 5) is 44.1. The number of Topliss-reactive ketones (excluding diaryl/α,β-unsaturated/α-hetero) is 1. The topological polar surface area (TPSA) is 91.9 Å². The van der Waals surface area contributed by atoms with Crippen LogP contribution >= 0.6 is 11.8 Å². The molecule has 1 aliphatic carbocycles. The minimum absolute atomic E-state index is 0.0377. The lowest BCUT2D eigenvalue weighted by Crippen LogP contribution is -2.18. The first-order valence-corrected chi connectivity index (χ1v) is 11.2. The van der Waals surface area contributed by atoms with E-state index in [0.717, 1.165) is 18.4 Å². The molecular formula is C24H23N3O3S. The zero-order valence-electron chi connectivity index (χ0n) is 17.2. The summed E-state index contributed by atoms with van der Waals surface area (Å²) in [5.74, 6) is 0.262. The number of aryl methyl sites for hydroxylation is 1. The minimum atomic E-state index is -0.179. The van der Waals surface area contributed by atoms with E-state index in [2.05, 4.69) is 15.3 Å². The molecule has 1 saturated carbocycles. The summed E-state index contributed by atoms with van der Waals surface area (Å²) in [6.07, 6.45) is 2.41. The summed E-state index contributed by atoms with van der Waals surface area (Å²) in [6, 6.07) is 16.7. The molecule has 158 valence electrons. The highest BCUT2D eigenvalue weighted by Gasteiger charge is 2.29. The van der Waals surface area contributed by atoms with Gasteiger partial charge in [0.25, 0.3) is 5.56 Å². The summed E-state index contributed by atoms with van der Waals surface area (Å²) in [6.45, 7) is 1.81. The number of thioether (sulfide) groups is 1. The van der Waals surface area contributed by atoms with Crippen molar-refractivity contribution >= 4 is 29.1 Å². The Morgan fingerprint density at radius 3 is 2.45 bits per heavy atom. The molecule has 0 saturated heterocycles. The SMILES string of the molecule is Cc1nc(SCC(=O)c2ccc(NC(=O)C3CC3)cc2)[nH]c(=O)c1Cc1ccccc1. The first-order chi connectivity index (χ1) is 15.0. The lowest BCUT2D eigenvalue weighted by atomic mass is 10.1. The first kappa shape index (κ1) is 21.1.